The maximum atomic E-state index is 13.1. The standard InChI is InChI=1S/C24H20O3/c1-17-8-7-11-19(16-17)23-24(26-15-14-18-9-3-2-4-10-18)22(25)20-12-5-6-13-21(20)27-23/h2-13,16H,14-15H2,1H3. The van der Waals surface area contributed by atoms with Crippen molar-refractivity contribution in [1.29, 1.82) is 0 Å². The average Bonchev–Trinajstić information content (AvgIpc) is 2.70. The van der Waals surface area contributed by atoms with Gasteiger partial charge in [0.2, 0.25) is 11.2 Å². The summed E-state index contributed by atoms with van der Waals surface area (Å²) >= 11 is 0. The summed E-state index contributed by atoms with van der Waals surface area (Å²) in [5.41, 5.74) is 3.53. The number of rotatable bonds is 5. The molecule has 0 spiro atoms. The van der Waals surface area contributed by atoms with Crippen molar-refractivity contribution in [2.75, 3.05) is 6.61 Å². The summed E-state index contributed by atoms with van der Waals surface area (Å²) < 4.78 is 12.1. The van der Waals surface area contributed by atoms with Crippen molar-refractivity contribution in [3.63, 3.8) is 0 Å². The molecule has 27 heavy (non-hydrogen) atoms. The molecule has 0 radical (unpaired) electrons. The van der Waals surface area contributed by atoms with Crippen LogP contribution in [0.25, 0.3) is 22.3 Å². The Kier molecular flexibility index (Phi) is 4.75. The van der Waals surface area contributed by atoms with Crippen molar-refractivity contribution in [1.82, 2.24) is 0 Å². The number of ether oxygens (including phenoxy) is 1. The first-order valence-corrected chi connectivity index (χ1v) is 9.02. The third kappa shape index (κ3) is 3.63. The lowest BCUT2D eigenvalue weighted by Crippen LogP contribution is -2.12. The lowest BCUT2D eigenvalue weighted by atomic mass is 10.1. The second kappa shape index (κ2) is 7.50. The van der Waals surface area contributed by atoms with E-state index in [1.165, 1.54) is 5.56 Å². The molecule has 0 N–H and O–H groups in total. The highest BCUT2D eigenvalue weighted by atomic mass is 16.5. The Morgan fingerprint density at radius 2 is 1.67 bits per heavy atom. The molecule has 0 unspecified atom stereocenters. The zero-order valence-electron chi connectivity index (χ0n) is 15.1. The van der Waals surface area contributed by atoms with Gasteiger partial charge in [0.05, 0.1) is 12.0 Å². The maximum Gasteiger partial charge on any atom is 0.235 e. The minimum atomic E-state index is -0.138. The van der Waals surface area contributed by atoms with Gasteiger partial charge in [0, 0.05) is 12.0 Å². The maximum absolute atomic E-state index is 13.1. The number of aryl methyl sites for hydroxylation is 1. The zero-order chi connectivity index (χ0) is 18.6. The molecule has 0 fully saturated rings. The van der Waals surface area contributed by atoms with Gasteiger partial charge in [0.1, 0.15) is 5.58 Å². The van der Waals surface area contributed by atoms with E-state index in [-0.39, 0.29) is 11.2 Å². The van der Waals surface area contributed by atoms with Gasteiger partial charge in [-0.2, -0.15) is 0 Å². The highest BCUT2D eigenvalue weighted by Gasteiger charge is 2.17. The van der Waals surface area contributed by atoms with Crippen LogP contribution in [0.1, 0.15) is 11.1 Å². The molecule has 1 heterocycles. The Morgan fingerprint density at radius 3 is 2.48 bits per heavy atom. The number of hydrogen-bond acceptors (Lipinski definition) is 3. The van der Waals surface area contributed by atoms with E-state index < -0.39 is 0 Å². The summed E-state index contributed by atoms with van der Waals surface area (Å²) in [6.07, 6.45) is 0.723. The van der Waals surface area contributed by atoms with Gasteiger partial charge in [-0.05, 0) is 30.7 Å². The number of benzene rings is 3. The van der Waals surface area contributed by atoms with Crippen LogP contribution in [0.15, 0.2) is 88.1 Å². The fourth-order valence-corrected chi connectivity index (χ4v) is 3.15. The molecule has 0 aliphatic carbocycles. The number of para-hydroxylation sites is 1. The van der Waals surface area contributed by atoms with Gasteiger partial charge in [-0.15, -0.1) is 0 Å². The molecule has 0 bridgehead atoms. The van der Waals surface area contributed by atoms with Crippen LogP contribution in [-0.2, 0) is 6.42 Å². The van der Waals surface area contributed by atoms with E-state index in [0.717, 1.165) is 17.5 Å². The van der Waals surface area contributed by atoms with Crippen LogP contribution in [0.3, 0.4) is 0 Å². The molecule has 0 amide bonds. The molecule has 3 nitrogen and oxygen atoms in total. The summed E-state index contributed by atoms with van der Waals surface area (Å²) in [5, 5.41) is 0.531. The highest BCUT2D eigenvalue weighted by molar-refractivity contribution is 5.82. The molecule has 3 aromatic carbocycles. The predicted molar refractivity (Wildman–Crippen MR) is 108 cm³/mol. The first-order valence-electron chi connectivity index (χ1n) is 9.02. The van der Waals surface area contributed by atoms with Crippen molar-refractivity contribution in [2.24, 2.45) is 0 Å². The Bertz CT molecular complexity index is 1130. The van der Waals surface area contributed by atoms with Gasteiger partial charge in [-0.25, -0.2) is 0 Å². The molecule has 4 aromatic rings. The van der Waals surface area contributed by atoms with Gasteiger partial charge in [-0.1, -0.05) is 66.2 Å². The second-order valence-electron chi connectivity index (χ2n) is 6.54. The molecule has 0 atom stereocenters. The van der Waals surface area contributed by atoms with Crippen LogP contribution in [0.5, 0.6) is 5.75 Å². The molecule has 0 saturated heterocycles. The fraction of sp³-hybridized carbons (Fsp3) is 0.125. The minimum Gasteiger partial charge on any atom is -0.486 e. The summed E-state index contributed by atoms with van der Waals surface area (Å²) in [5.74, 6) is 0.755. The first-order chi connectivity index (χ1) is 13.2. The lowest BCUT2D eigenvalue weighted by Gasteiger charge is -2.12. The van der Waals surface area contributed by atoms with E-state index in [1.807, 2.05) is 79.7 Å². The summed E-state index contributed by atoms with van der Waals surface area (Å²) in [4.78, 5) is 13.1. The van der Waals surface area contributed by atoms with Gasteiger partial charge in [-0.3, -0.25) is 4.79 Å². The third-order valence-electron chi connectivity index (χ3n) is 4.52. The van der Waals surface area contributed by atoms with Gasteiger partial charge in [0.25, 0.3) is 0 Å². The molecular formula is C24H20O3. The van der Waals surface area contributed by atoms with Crippen LogP contribution in [0.4, 0.5) is 0 Å². The zero-order valence-corrected chi connectivity index (χ0v) is 15.1. The van der Waals surface area contributed by atoms with Crippen LogP contribution in [-0.4, -0.2) is 6.61 Å². The lowest BCUT2D eigenvalue weighted by molar-refractivity contribution is 0.313. The van der Waals surface area contributed by atoms with E-state index in [2.05, 4.69) is 0 Å². The molecule has 134 valence electrons. The molecule has 0 aliphatic rings. The summed E-state index contributed by atoms with van der Waals surface area (Å²) in [6, 6.07) is 25.2. The fourth-order valence-electron chi connectivity index (χ4n) is 3.15. The van der Waals surface area contributed by atoms with Gasteiger partial charge >= 0.3 is 0 Å². The molecule has 4 rings (SSSR count). The van der Waals surface area contributed by atoms with E-state index in [1.54, 1.807) is 6.07 Å². The van der Waals surface area contributed by atoms with Crippen LogP contribution < -0.4 is 10.2 Å². The van der Waals surface area contributed by atoms with Crippen molar-refractivity contribution in [3.05, 3.63) is 100 Å². The van der Waals surface area contributed by atoms with Crippen LogP contribution in [0, 0.1) is 6.92 Å². The van der Waals surface area contributed by atoms with E-state index in [9.17, 15) is 4.79 Å². The van der Waals surface area contributed by atoms with Gasteiger partial charge < -0.3 is 9.15 Å². The van der Waals surface area contributed by atoms with E-state index in [4.69, 9.17) is 9.15 Å². The average molecular weight is 356 g/mol. The Morgan fingerprint density at radius 1 is 0.889 bits per heavy atom. The van der Waals surface area contributed by atoms with E-state index >= 15 is 0 Å². The predicted octanol–water partition coefficient (Wildman–Crippen LogP) is 5.39. The molecule has 3 heteroatoms. The quantitative estimate of drug-likeness (QED) is 0.481. The third-order valence-corrected chi connectivity index (χ3v) is 4.52. The largest absolute Gasteiger partial charge is 0.486 e. The molecular weight excluding hydrogens is 336 g/mol. The smallest absolute Gasteiger partial charge is 0.235 e. The summed E-state index contributed by atoms with van der Waals surface area (Å²) in [7, 11) is 0. The van der Waals surface area contributed by atoms with Crippen molar-refractivity contribution < 1.29 is 9.15 Å². The van der Waals surface area contributed by atoms with Crippen molar-refractivity contribution in [3.8, 4) is 17.1 Å². The monoisotopic (exact) mass is 356 g/mol. The number of fused-ring (bicyclic) bond motifs is 1. The van der Waals surface area contributed by atoms with Crippen molar-refractivity contribution >= 4 is 11.0 Å². The highest BCUT2D eigenvalue weighted by Crippen LogP contribution is 2.31. The topological polar surface area (TPSA) is 39.4 Å². The SMILES string of the molecule is Cc1cccc(-c2oc3ccccc3c(=O)c2OCCc2ccccc2)c1. The Labute approximate surface area is 157 Å². The number of hydrogen-bond donors (Lipinski definition) is 0. The van der Waals surface area contributed by atoms with Crippen LogP contribution in [0.2, 0.25) is 0 Å². The Balaban J connectivity index is 1.75. The van der Waals surface area contributed by atoms with Crippen LogP contribution >= 0.6 is 0 Å². The first kappa shape index (κ1) is 17.1. The normalized spacial score (nSPS) is 10.9. The molecule has 0 saturated carbocycles. The van der Waals surface area contributed by atoms with Crippen molar-refractivity contribution in [2.45, 2.75) is 13.3 Å². The molecule has 1 aromatic heterocycles. The minimum absolute atomic E-state index is 0.138. The van der Waals surface area contributed by atoms with Gasteiger partial charge in [0.15, 0.2) is 5.76 Å². The Hall–Kier alpha value is -3.33. The molecule has 0 aliphatic heterocycles. The second-order valence-corrected chi connectivity index (χ2v) is 6.54. The summed E-state index contributed by atoms with van der Waals surface area (Å²) in [6.45, 7) is 2.42. The van der Waals surface area contributed by atoms with E-state index in [0.29, 0.717) is 23.3 Å².